The molecule has 2 heteroatoms. The van der Waals surface area contributed by atoms with Gasteiger partial charge in [-0.25, -0.2) is 0 Å². The number of hydrogen-bond acceptors (Lipinski definition) is 0. The van der Waals surface area contributed by atoms with Crippen molar-refractivity contribution in [2.75, 3.05) is 17.3 Å². The fourth-order valence-electron chi connectivity index (χ4n) is 3.38. The number of halogens is 1. The SMILES string of the molecule is CCCCCCCCS(I)(CCCCCC)CCCCCCCC. The number of rotatable bonds is 19. The van der Waals surface area contributed by atoms with E-state index in [1.807, 2.05) is 0 Å². The van der Waals surface area contributed by atoms with Gasteiger partial charge in [-0.3, -0.25) is 0 Å². The molecule has 148 valence electrons. The lowest BCUT2D eigenvalue weighted by Crippen LogP contribution is -2.08. The van der Waals surface area contributed by atoms with Crippen LogP contribution in [0.2, 0.25) is 0 Å². The van der Waals surface area contributed by atoms with Crippen molar-refractivity contribution in [2.45, 2.75) is 124 Å². The van der Waals surface area contributed by atoms with Crippen LogP contribution in [0, 0.1) is 0 Å². The van der Waals surface area contributed by atoms with Crippen molar-refractivity contribution < 1.29 is 0 Å². The van der Waals surface area contributed by atoms with Crippen LogP contribution in [0.4, 0.5) is 0 Å². The van der Waals surface area contributed by atoms with Crippen LogP contribution >= 0.6 is 28.4 Å². The molecule has 0 aliphatic rings. The number of hydrogen-bond donors (Lipinski definition) is 0. The van der Waals surface area contributed by atoms with Crippen molar-refractivity contribution >= 4 is 28.4 Å². The van der Waals surface area contributed by atoms with Crippen molar-refractivity contribution in [3.8, 4) is 0 Å². The first-order valence-electron chi connectivity index (χ1n) is 11.1. The quantitative estimate of drug-likeness (QED) is 0.130. The summed E-state index contributed by atoms with van der Waals surface area (Å²) in [5.74, 6) is 4.67. The van der Waals surface area contributed by atoms with Gasteiger partial charge < -0.3 is 0 Å². The minimum Gasteiger partial charge on any atom is -0.187 e. The van der Waals surface area contributed by atoms with Crippen LogP contribution in [0.5, 0.6) is 0 Å². The molecule has 0 unspecified atom stereocenters. The van der Waals surface area contributed by atoms with Crippen molar-refractivity contribution in [1.29, 1.82) is 0 Å². The fourth-order valence-corrected chi connectivity index (χ4v) is 8.96. The highest BCUT2D eigenvalue weighted by Gasteiger charge is 2.19. The third kappa shape index (κ3) is 16.5. The Morgan fingerprint density at radius 3 is 1.00 bits per heavy atom. The molecule has 0 spiro atoms. The molecular formula is C22H47IS. The summed E-state index contributed by atoms with van der Waals surface area (Å²) in [6.07, 6.45) is 23.3. The van der Waals surface area contributed by atoms with Crippen LogP contribution in [-0.4, -0.2) is 17.3 Å². The third-order valence-electron chi connectivity index (χ3n) is 5.09. The summed E-state index contributed by atoms with van der Waals surface area (Å²) in [6.45, 7) is 6.96. The molecule has 0 saturated carbocycles. The smallest absolute Gasteiger partial charge is 0.0144 e. The van der Waals surface area contributed by atoms with E-state index in [2.05, 4.69) is 42.0 Å². The van der Waals surface area contributed by atoms with Crippen LogP contribution in [0.15, 0.2) is 0 Å². The van der Waals surface area contributed by atoms with Crippen LogP contribution in [0.1, 0.15) is 124 Å². The number of unbranched alkanes of at least 4 members (excludes halogenated alkanes) is 13. The van der Waals surface area contributed by atoms with Gasteiger partial charge in [0.15, 0.2) is 0 Å². The molecule has 24 heavy (non-hydrogen) atoms. The minimum absolute atomic E-state index is 0.335. The summed E-state index contributed by atoms with van der Waals surface area (Å²) in [5.41, 5.74) is 0. The Kier molecular flexibility index (Phi) is 19.7. The second kappa shape index (κ2) is 18.9. The van der Waals surface area contributed by atoms with Crippen LogP contribution in [-0.2, 0) is 0 Å². The van der Waals surface area contributed by atoms with Gasteiger partial charge in [0.1, 0.15) is 0 Å². The summed E-state index contributed by atoms with van der Waals surface area (Å²) < 4.78 is 0. The zero-order valence-electron chi connectivity index (χ0n) is 17.2. The van der Waals surface area contributed by atoms with E-state index >= 15 is 0 Å². The van der Waals surface area contributed by atoms with E-state index in [0.29, 0.717) is 0 Å². The Bertz CT molecular complexity index is 226. The Morgan fingerprint density at radius 1 is 0.417 bits per heavy atom. The lowest BCUT2D eigenvalue weighted by Gasteiger charge is -2.34. The lowest BCUT2D eigenvalue weighted by molar-refractivity contribution is 0.622. The van der Waals surface area contributed by atoms with Gasteiger partial charge in [-0.2, -0.15) is 7.20 Å². The lowest BCUT2D eigenvalue weighted by atomic mass is 10.1. The summed E-state index contributed by atoms with van der Waals surface area (Å²) in [5, 5.41) is 0. The molecule has 0 atom stereocenters. The molecule has 0 aromatic heterocycles. The molecular weight excluding hydrogens is 423 g/mol. The largest absolute Gasteiger partial charge is 0.187 e. The molecule has 0 heterocycles. The summed E-state index contributed by atoms with van der Waals surface area (Å²) in [6, 6.07) is 0. The molecule has 0 fully saturated rings. The van der Waals surface area contributed by atoms with Crippen molar-refractivity contribution in [1.82, 2.24) is 0 Å². The van der Waals surface area contributed by atoms with Crippen molar-refractivity contribution in [2.24, 2.45) is 0 Å². The summed E-state index contributed by atoms with van der Waals surface area (Å²) >= 11 is 2.95. The average molecular weight is 471 g/mol. The average Bonchev–Trinajstić information content (AvgIpc) is 2.58. The molecule has 0 aliphatic carbocycles. The Balaban J connectivity index is 3.98. The van der Waals surface area contributed by atoms with Gasteiger partial charge in [0.05, 0.1) is 0 Å². The maximum absolute atomic E-state index is 2.95. The zero-order chi connectivity index (χ0) is 17.9. The standard InChI is InChI=1S/C22H47IS/c1-4-7-10-13-15-18-21-24(23,20-17-12-9-6-3)22-19-16-14-11-8-5-2/h4-22H2,1-3H3. The van der Waals surface area contributed by atoms with Crippen LogP contribution < -0.4 is 0 Å². The highest BCUT2D eigenvalue weighted by molar-refractivity contribution is 14.2. The molecule has 0 radical (unpaired) electrons. The zero-order valence-corrected chi connectivity index (χ0v) is 20.2. The minimum atomic E-state index is -0.335. The first kappa shape index (κ1) is 25.1. The van der Waals surface area contributed by atoms with Crippen molar-refractivity contribution in [3.63, 3.8) is 0 Å². The van der Waals surface area contributed by atoms with Gasteiger partial charge in [-0.05, 0) is 57.7 Å². The van der Waals surface area contributed by atoms with Gasteiger partial charge in [-0.15, -0.1) is 0 Å². The second-order valence-electron chi connectivity index (χ2n) is 7.65. The normalized spacial score (nSPS) is 12.7. The maximum Gasteiger partial charge on any atom is -0.0144 e. The second-order valence-corrected chi connectivity index (χ2v) is 16.4. The van der Waals surface area contributed by atoms with E-state index in [9.17, 15) is 0 Å². The monoisotopic (exact) mass is 470 g/mol. The topological polar surface area (TPSA) is 0 Å². The van der Waals surface area contributed by atoms with E-state index in [4.69, 9.17) is 0 Å². The Hall–Kier alpha value is 1.08. The van der Waals surface area contributed by atoms with Gasteiger partial charge in [0.2, 0.25) is 0 Å². The van der Waals surface area contributed by atoms with Crippen molar-refractivity contribution in [3.05, 3.63) is 0 Å². The molecule has 0 amide bonds. The third-order valence-corrected chi connectivity index (χ3v) is 12.1. The van der Waals surface area contributed by atoms with E-state index in [-0.39, 0.29) is 7.20 Å². The van der Waals surface area contributed by atoms with Gasteiger partial charge in [0.25, 0.3) is 0 Å². The molecule has 0 nitrogen and oxygen atoms in total. The van der Waals surface area contributed by atoms with E-state index < -0.39 is 0 Å². The Labute approximate surface area is 168 Å². The predicted octanol–water partition coefficient (Wildman–Crippen LogP) is 9.44. The molecule has 0 aromatic carbocycles. The molecule has 0 aliphatic heterocycles. The fraction of sp³-hybridized carbons (Fsp3) is 1.00. The predicted molar refractivity (Wildman–Crippen MR) is 127 cm³/mol. The first-order chi connectivity index (χ1) is 11.7. The van der Waals surface area contributed by atoms with E-state index in [0.717, 1.165) is 0 Å². The van der Waals surface area contributed by atoms with Crippen LogP contribution in [0.3, 0.4) is 0 Å². The molecule has 0 saturated heterocycles. The molecule has 0 N–H and O–H groups in total. The van der Waals surface area contributed by atoms with Gasteiger partial charge in [-0.1, -0.05) is 104 Å². The Morgan fingerprint density at radius 2 is 0.667 bits per heavy atom. The molecule has 0 rings (SSSR count). The molecule has 0 aromatic rings. The van der Waals surface area contributed by atoms with Crippen LogP contribution in [0.25, 0.3) is 0 Å². The summed E-state index contributed by atoms with van der Waals surface area (Å²) in [7, 11) is -0.335. The summed E-state index contributed by atoms with van der Waals surface area (Å²) in [4.78, 5) is 0. The molecule has 0 bridgehead atoms. The maximum atomic E-state index is 2.95. The van der Waals surface area contributed by atoms with E-state index in [1.54, 1.807) is 17.3 Å². The highest BCUT2D eigenvalue weighted by Crippen LogP contribution is 2.58. The van der Waals surface area contributed by atoms with Gasteiger partial charge >= 0.3 is 0 Å². The van der Waals surface area contributed by atoms with E-state index in [1.165, 1.54) is 103 Å². The first-order valence-corrected chi connectivity index (χ1v) is 15.8. The van der Waals surface area contributed by atoms with Gasteiger partial charge in [0, 0.05) is 0 Å². The highest BCUT2D eigenvalue weighted by atomic mass is 127.